The lowest BCUT2D eigenvalue weighted by Gasteiger charge is -2.30. The quantitative estimate of drug-likeness (QED) is 0.801. The van der Waals surface area contributed by atoms with E-state index in [2.05, 4.69) is 0 Å². The second-order valence-corrected chi connectivity index (χ2v) is 4.50. The third kappa shape index (κ3) is 3.27. The number of benzene rings is 1. The predicted molar refractivity (Wildman–Crippen MR) is 64.2 cm³/mol. The summed E-state index contributed by atoms with van der Waals surface area (Å²) in [5.41, 5.74) is 0.618. The lowest BCUT2D eigenvalue weighted by molar-refractivity contribution is -0.0835. The Morgan fingerprint density at radius 2 is 1.88 bits per heavy atom. The monoisotopic (exact) mass is 238 g/mol. The smallest absolute Gasteiger partial charge is 0.128 e. The van der Waals surface area contributed by atoms with Crippen molar-refractivity contribution in [3.8, 4) is 0 Å². The Kier molecular flexibility index (Phi) is 4.51. The molecule has 0 radical (unpaired) electrons. The normalized spacial score (nSPS) is 24.8. The minimum Gasteiger partial charge on any atom is -0.379 e. The zero-order valence-corrected chi connectivity index (χ0v) is 10.2. The zero-order chi connectivity index (χ0) is 12.1. The van der Waals surface area contributed by atoms with Crippen molar-refractivity contribution in [1.82, 2.24) is 0 Å². The van der Waals surface area contributed by atoms with Crippen LogP contribution in [0.4, 0.5) is 4.39 Å². The van der Waals surface area contributed by atoms with Crippen LogP contribution in [0.1, 0.15) is 31.2 Å². The summed E-state index contributed by atoms with van der Waals surface area (Å²) in [7, 11) is 1.72. The van der Waals surface area contributed by atoms with Crippen molar-refractivity contribution in [3.63, 3.8) is 0 Å². The summed E-state index contributed by atoms with van der Waals surface area (Å²) in [5.74, 6) is -0.197. The van der Waals surface area contributed by atoms with E-state index < -0.39 is 0 Å². The van der Waals surface area contributed by atoms with Crippen LogP contribution in [0.5, 0.6) is 0 Å². The fraction of sp³-hybridized carbons (Fsp3) is 0.571. The molecule has 1 fully saturated rings. The molecule has 94 valence electrons. The molecule has 0 N–H and O–H groups in total. The van der Waals surface area contributed by atoms with Crippen LogP contribution < -0.4 is 0 Å². The van der Waals surface area contributed by atoms with Crippen LogP contribution >= 0.6 is 0 Å². The first-order valence-electron chi connectivity index (χ1n) is 6.19. The molecule has 0 amide bonds. The van der Waals surface area contributed by atoms with Crippen molar-refractivity contribution < 1.29 is 13.9 Å². The highest BCUT2D eigenvalue weighted by molar-refractivity contribution is 5.16. The van der Waals surface area contributed by atoms with E-state index in [1.54, 1.807) is 19.2 Å². The van der Waals surface area contributed by atoms with Crippen molar-refractivity contribution in [2.24, 2.45) is 0 Å². The largest absolute Gasteiger partial charge is 0.379 e. The van der Waals surface area contributed by atoms with E-state index in [0.29, 0.717) is 12.2 Å². The fourth-order valence-electron chi connectivity index (χ4n) is 2.34. The Bertz CT molecular complexity index is 354. The van der Waals surface area contributed by atoms with E-state index in [4.69, 9.17) is 9.47 Å². The molecule has 3 heteroatoms. The van der Waals surface area contributed by atoms with Gasteiger partial charge in [-0.25, -0.2) is 4.39 Å². The molecule has 2 nitrogen and oxygen atoms in total. The van der Waals surface area contributed by atoms with Gasteiger partial charge in [-0.2, -0.15) is 0 Å². The average molecular weight is 238 g/mol. The lowest BCUT2D eigenvalue weighted by Crippen LogP contribution is -2.33. The molecule has 1 aromatic carbocycles. The Morgan fingerprint density at radius 3 is 2.59 bits per heavy atom. The number of hydrogen-bond acceptors (Lipinski definition) is 2. The maximum Gasteiger partial charge on any atom is 0.128 e. The molecular formula is C14H19FO2. The number of halogens is 1. The van der Waals surface area contributed by atoms with E-state index in [0.717, 1.165) is 12.8 Å². The van der Waals surface area contributed by atoms with Gasteiger partial charge >= 0.3 is 0 Å². The highest BCUT2D eigenvalue weighted by atomic mass is 19.1. The van der Waals surface area contributed by atoms with Crippen molar-refractivity contribution in [2.75, 3.05) is 7.11 Å². The van der Waals surface area contributed by atoms with E-state index in [-0.39, 0.29) is 18.0 Å². The molecule has 0 aliphatic heterocycles. The Labute approximate surface area is 102 Å². The molecule has 0 spiro atoms. The van der Waals surface area contributed by atoms with Crippen molar-refractivity contribution in [3.05, 3.63) is 35.6 Å². The van der Waals surface area contributed by atoms with E-state index in [1.165, 1.54) is 18.9 Å². The first-order valence-corrected chi connectivity index (χ1v) is 6.19. The van der Waals surface area contributed by atoms with E-state index >= 15 is 0 Å². The summed E-state index contributed by atoms with van der Waals surface area (Å²) in [6, 6.07) is 6.75. The van der Waals surface area contributed by atoms with Gasteiger partial charge in [0.1, 0.15) is 5.82 Å². The van der Waals surface area contributed by atoms with Gasteiger partial charge in [-0.05, 0) is 18.9 Å². The van der Waals surface area contributed by atoms with E-state index in [9.17, 15) is 4.39 Å². The second kappa shape index (κ2) is 6.12. The van der Waals surface area contributed by atoms with Gasteiger partial charge in [0, 0.05) is 12.7 Å². The van der Waals surface area contributed by atoms with Gasteiger partial charge in [0.05, 0.1) is 18.8 Å². The Morgan fingerprint density at radius 1 is 1.18 bits per heavy atom. The third-order valence-electron chi connectivity index (χ3n) is 3.36. The number of ether oxygens (including phenoxy) is 2. The first-order chi connectivity index (χ1) is 8.31. The van der Waals surface area contributed by atoms with E-state index in [1.807, 2.05) is 6.07 Å². The minimum absolute atomic E-state index is 0.105. The van der Waals surface area contributed by atoms with Gasteiger partial charge in [-0.3, -0.25) is 0 Å². The van der Waals surface area contributed by atoms with Crippen LogP contribution in [0.2, 0.25) is 0 Å². The molecule has 17 heavy (non-hydrogen) atoms. The van der Waals surface area contributed by atoms with Gasteiger partial charge in [0.2, 0.25) is 0 Å². The Balaban J connectivity index is 1.90. The summed E-state index contributed by atoms with van der Waals surface area (Å²) in [5, 5.41) is 0. The van der Waals surface area contributed by atoms with Gasteiger partial charge in [-0.1, -0.05) is 31.0 Å². The second-order valence-electron chi connectivity index (χ2n) is 4.50. The topological polar surface area (TPSA) is 18.5 Å². The van der Waals surface area contributed by atoms with Gasteiger partial charge in [0.25, 0.3) is 0 Å². The predicted octanol–water partition coefficient (Wildman–Crippen LogP) is 3.30. The zero-order valence-electron chi connectivity index (χ0n) is 10.2. The number of methoxy groups -OCH3 is 1. The SMILES string of the molecule is COC1CCCCC1OCc1ccccc1F. The maximum atomic E-state index is 13.4. The summed E-state index contributed by atoms with van der Waals surface area (Å²) < 4.78 is 24.6. The fourth-order valence-corrected chi connectivity index (χ4v) is 2.34. The molecule has 2 rings (SSSR count). The number of rotatable bonds is 4. The van der Waals surface area contributed by atoms with Crippen LogP contribution in [0, 0.1) is 5.82 Å². The molecule has 0 saturated heterocycles. The summed E-state index contributed by atoms with van der Waals surface area (Å²) in [6.07, 6.45) is 4.68. The van der Waals surface area contributed by atoms with Crippen LogP contribution in [-0.2, 0) is 16.1 Å². The maximum absolute atomic E-state index is 13.4. The average Bonchev–Trinajstić information content (AvgIpc) is 2.38. The van der Waals surface area contributed by atoms with Gasteiger partial charge in [-0.15, -0.1) is 0 Å². The van der Waals surface area contributed by atoms with Crippen LogP contribution in [0.3, 0.4) is 0 Å². The van der Waals surface area contributed by atoms with Crippen molar-refractivity contribution >= 4 is 0 Å². The summed E-state index contributed by atoms with van der Waals surface area (Å²) >= 11 is 0. The highest BCUT2D eigenvalue weighted by Gasteiger charge is 2.25. The minimum atomic E-state index is -0.197. The highest BCUT2D eigenvalue weighted by Crippen LogP contribution is 2.24. The van der Waals surface area contributed by atoms with Crippen LogP contribution in [0.25, 0.3) is 0 Å². The van der Waals surface area contributed by atoms with Gasteiger partial charge in [0.15, 0.2) is 0 Å². The Hall–Kier alpha value is -0.930. The van der Waals surface area contributed by atoms with Gasteiger partial charge < -0.3 is 9.47 Å². The molecule has 2 atom stereocenters. The van der Waals surface area contributed by atoms with Crippen LogP contribution in [0.15, 0.2) is 24.3 Å². The molecule has 0 bridgehead atoms. The molecule has 0 heterocycles. The van der Waals surface area contributed by atoms with Crippen molar-refractivity contribution in [2.45, 2.75) is 44.5 Å². The number of hydrogen-bond donors (Lipinski definition) is 0. The molecule has 1 aromatic rings. The molecule has 1 aliphatic carbocycles. The third-order valence-corrected chi connectivity index (χ3v) is 3.36. The lowest BCUT2D eigenvalue weighted by atomic mass is 9.94. The molecule has 1 saturated carbocycles. The van der Waals surface area contributed by atoms with Crippen LogP contribution in [-0.4, -0.2) is 19.3 Å². The molecule has 2 unspecified atom stereocenters. The molecular weight excluding hydrogens is 219 g/mol. The molecule has 1 aliphatic rings. The standard InChI is InChI=1S/C14H19FO2/c1-16-13-8-4-5-9-14(13)17-10-11-6-2-3-7-12(11)15/h2-3,6-7,13-14H,4-5,8-10H2,1H3. The summed E-state index contributed by atoms with van der Waals surface area (Å²) in [4.78, 5) is 0. The summed E-state index contributed by atoms with van der Waals surface area (Å²) in [6.45, 7) is 0.331. The first kappa shape index (κ1) is 12.5. The van der Waals surface area contributed by atoms with Crippen molar-refractivity contribution in [1.29, 1.82) is 0 Å². The molecule has 0 aromatic heterocycles.